The van der Waals surface area contributed by atoms with Crippen molar-refractivity contribution in [3.8, 4) is 23.0 Å². The van der Waals surface area contributed by atoms with Crippen LogP contribution < -0.4 is 15.4 Å². The number of benzene rings is 4. The molecule has 376 valence electrons. The second kappa shape index (κ2) is 25.0. The zero-order chi connectivity index (χ0) is 51.2. The Bertz CT molecular complexity index is 2210. The summed E-state index contributed by atoms with van der Waals surface area (Å²) in [6.45, 7) is 33.8. The molecule has 0 saturated carbocycles. The number of carbonyl (C=O) groups is 2. The minimum Gasteiger partial charge on any atom is -0.508 e. The maximum Gasteiger partial charge on any atom is 0.224 e. The molecule has 0 spiro atoms. The van der Waals surface area contributed by atoms with E-state index in [4.69, 9.17) is 4.74 Å². The van der Waals surface area contributed by atoms with Crippen LogP contribution in [0.5, 0.6) is 23.0 Å². The largest absolute Gasteiger partial charge is 0.508 e. The Morgan fingerprint density at radius 2 is 0.926 bits per heavy atom. The number of hydrogen-bond acceptors (Lipinski definition) is 6. The number of nitrogens with one attached hydrogen (secondary N) is 2. The third-order valence-electron chi connectivity index (χ3n) is 12.5. The van der Waals surface area contributed by atoms with Crippen molar-refractivity contribution in [2.24, 2.45) is 0 Å². The predicted molar refractivity (Wildman–Crippen MR) is 286 cm³/mol. The molecule has 2 amide bonds. The molecular weight excluding hydrogens is 845 g/mol. The van der Waals surface area contributed by atoms with E-state index in [1.165, 1.54) is 38.5 Å². The molecule has 0 unspecified atom stereocenters. The Morgan fingerprint density at radius 1 is 0.529 bits per heavy atom. The predicted octanol–water partition coefficient (Wildman–Crippen LogP) is 15.6. The maximum atomic E-state index is 13.6. The smallest absolute Gasteiger partial charge is 0.224 e. The van der Waals surface area contributed by atoms with Crippen LogP contribution in [-0.2, 0) is 50.5 Å². The first-order chi connectivity index (χ1) is 31.7. The highest BCUT2D eigenvalue weighted by Gasteiger charge is 2.28. The fraction of sp³-hybridized carbons (Fsp3) is 0.567. The van der Waals surface area contributed by atoms with Crippen molar-refractivity contribution in [1.82, 2.24) is 0 Å². The average molecular weight is 935 g/mol. The quantitative estimate of drug-likeness (QED) is 0.0444. The number of ether oxygens (including phenoxy) is 1. The minimum absolute atomic E-state index is 0.0979. The average Bonchev–Trinajstić information content (AvgIpc) is 3.23. The van der Waals surface area contributed by atoms with Crippen LogP contribution in [0.4, 0.5) is 11.4 Å². The standard InChI is InChI=1S/C58H84N2O6.C2H6/c1-15-16-17-18-19-20-21-22-29-66-54-38(2)30-44(60-51(63)28-24-40-33-47(57(9,10)11)53(65)48(34-40)58(12,13)14)37-42(54)35-41-36-43(25-26-49(41)61)59-50(62)27-23-39-31-45(55(3,4)5)52(64)46(32-39)56(6,7)8;1-2/h25-26,30-34,36-37,61,64-65H,15-24,27-29,35H2,1-14H3,(H,59,62)(H,60,63);1-2H3. The molecule has 4 aromatic carbocycles. The van der Waals surface area contributed by atoms with Gasteiger partial charge < -0.3 is 30.7 Å². The van der Waals surface area contributed by atoms with Gasteiger partial charge in [0.1, 0.15) is 23.0 Å². The highest BCUT2D eigenvalue weighted by atomic mass is 16.5. The summed E-state index contributed by atoms with van der Waals surface area (Å²) in [5.74, 6) is 1.20. The van der Waals surface area contributed by atoms with Gasteiger partial charge in [-0.1, -0.05) is 173 Å². The van der Waals surface area contributed by atoms with Crippen LogP contribution in [0.1, 0.15) is 218 Å². The van der Waals surface area contributed by atoms with Gasteiger partial charge in [-0.2, -0.15) is 0 Å². The summed E-state index contributed by atoms with van der Waals surface area (Å²) >= 11 is 0. The van der Waals surface area contributed by atoms with E-state index in [0.29, 0.717) is 54.3 Å². The number of phenols is 3. The fourth-order valence-electron chi connectivity index (χ4n) is 8.60. The van der Waals surface area contributed by atoms with E-state index in [-0.39, 0.29) is 52.1 Å². The molecule has 0 aliphatic rings. The van der Waals surface area contributed by atoms with Crippen LogP contribution in [0.15, 0.2) is 54.6 Å². The van der Waals surface area contributed by atoms with Gasteiger partial charge in [0.15, 0.2) is 0 Å². The van der Waals surface area contributed by atoms with Gasteiger partial charge in [0.05, 0.1) is 6.61 Å². The summed E-state index contributed by atoms with van der Waals surface area (Å²) in [5.41, 5.74) is 7.95. The number of carbonyl (C=O) groups excluding carboxylic acids is 2. The molecule has 0 atom stereocenters. The van der Waals surface area contributed by atoms with Crippen LogP contribution in [0, 0.1) is 6.92 Å². The maximum absolute atomic E-state index is 13.6. The van der Waals surface area contributed by atoms with Gasteiger partial charge in [-0.25, -0.2) is 0 Å². The first-order valence-electron chi connectivity index (χ1n) is 25.6. The summed E-state index contributed by atoms with van der Waals surface area (Å²) in [4.78, 5) is 27.1. The van der Waals surface area contributed by atoms with Crippen LogP contribution in [0.2, 0.25) is 0 Å². The Morgan fingerprint density at radius 3 is 1.35 bits per heavy atom. The third kappa shape index (κ3) is 17.2. The molecule has 8 heteroatoms. The van der Waals surface area contributed by atoms with Crippen LogP contribution in [-0.4, -0.2) is 33.7 Å². The number of aryl methyl sites for hydroxylation is 3. The van der Waals surface area contributed by atoms with E-state index in [0.717, 1.165) is 63.1 Å². The van der Waals surface area contributed by atoms with Crippen molar-refractivity contribution in [3.05, 3.63) is 105 Å². The second-order valence-corrected chi connectivity index (χ2v) is 22.8. The van der Waals surface area contributed by atoms with Gasteiger partial charge in [0.2, 0.25) is 11.8 Å². The molecule has 68 heavy (non-hydrogen) atoms. The normalized spacial score (nSPS) is 12.1. The molecule has 0 heterocycles. The number of aromatic hydroxyl groups is 3. The monoisotopic (exact) mass is 935 g/mol. The molecule has 0 aliphatic heterocycles. The number of phenolic OH excluding ortho intramolecular Hbond substituents is 3. The highest BCUT2D eigenvalue weighted by Crippen LogP contribution is 2.42. The zero-order valence-electron chi connectivity index (χ0n) is 45.2. The summed E-state index contributed by atoms with van der Waals surface area (Å²) in [7, 11) is 0. The topological polar surface area (TPSA) is 128 Å². The molecule has 0 bridgehead atoms. The zero-order valence-corrected chi connectivity index (χ0v) is 45.2. The molecule has 8 nitrogen and oxygen atoms in total. The molecule has 0 saturated heterocycles. The molecular formula is C60H90N2O6. The van der Waals surface area contributed by atoms with E-state index >= 15 is 0 Å². The second-order valence-electron chi connectivity index (χ2n) is 22.8. The Kier molecular flexibility index (Phi) is 21.1. The molecule has 0 aromatic heterocycles. The van der Waals surface area contributed by atoms with Gasteiger partial charge in [-0.3, -0.25) is 9.59 Å². The molecule has 4 rings (SSSR count). The summed E-state index contributed by atoms with van der Waals surface area (Å²) < 4.78 is 6.51. The molecule has 0 fully saturated rings. The summed E-state index contributed by atoms with van der Waals surface area (Å²) in [6, 6.07) is 17.1. The molecule has 5 N–H and O–H groups in total. The SMILES string of the molecule is CC.CCCCCCCCCCOc1c(C)cc(NC(=O)CCc2cc(C(C)(C)C)c(O)c(C(C)(C)C)c2)cc1Cc1cc(NC(=O)CCc2cc(C(C)(C)C)c(O)c(C(C)(C)C)c2)ccc1O. The van der Waals surface area contributed by atoms with Crippen molar-refractivity contribution < 1.29 is 29.6 Å². The lowest BCUT2D eigenvalue weighted by Gasteiger charge is -2.28. The van der Waals surface area contributed by atoms with Crippen molar-refractivity contribution in [3.63, 3.8) is 0 Å². The van der Waals surface area contributed by atoms with Gasteiger partial charge in [-0.05, 0) is 117 Å². The van der Waals surface area contributed by atoms with Crippen molar-refractivity contribution >= 4 is 23.2 Å². The first kappa shape index (κ1) is 57.3. The van der Waals surface area contributed by atoms with E-state index < -0.39 is 0 Å². The van der Waals surface area contributed by atoms with Gasteiger partial charge >= 0.3 is 0 Å². The number of rotatable bonds is 20. The summed E-state index contributed by atoms with van der Waals surface area (Å²) in [6.07, 6.45) is 11.4. The lowest BCUT2D eigenvalue weighted by Crippen LogP contribution is -2.18. The molecule has 0 radical (unpaired) electrons. The van der Waals surface area contributed by atoms with E-state index in [1.807, 2.05) is 63.2 Å². The Balaban J connectivity index is 0.00000604. The Hall–Kier alpha value is -4.98. The van der Waals surface area contributed by atoms with Gasteiger partial charge in [-0.15, -0.1) is 0 Å². The van der Waals surface area contributed by atoms with Crippen molar-refractivity contribution in [2.75, 3.05) is 17.2 Å². The number of hydrogen-bond donors (Lipinski definition) is 5. The number of amides is 2. The van der Waals surface area contributed by atoms with E-state index in [9.17, 15) is 24.9 Å². The Labute approximate surface area is 412 Å². The van der Waals surface area contributed by atoms with Crippen LogP contribution in [0.3, 0.4) is 0 Å². The van der Waals surface area contributed by atoms with Crippen molar-refractivity contribution in [1.29, 1.82) is 0 Å². The van der Waals surface area contributed by atoms with Crippen LogP contribution in [0.25, 0.3) is 0 Å². The lowest BCUT2D eigenvalue weighted by molar-refractivity contribution is -0.117. The number of anilines is 2. The van der Waals surface area contributed by atoms with Crippen LogP contribution >= 0.6 is 0 Å². The molecule has 4 aromatic rings. The summed E-state index contributed by atoms with van der Waals surface area (Å²) in [5, 5.41) is 39.8. The van der Waals surface area contributed by atoms with E-state index in [1.54, 1.807) is 12.1 Å². The van der Waals surface area contributed by atoms with E-state index in [2.05, 4.69) is 101 Å². The lowest BCUT2D eigenvalue weighted by atomic mass is 9.78. The number of unbranched alkanes of at least 4 members (excludes halogenated alkanes) is 7. The fourth-order valence-corrected chi connectivity index (χ4v) is 8.60. The third-order valence-corrected chi connectivity index (χ3v) is 12.5. The highest BCUT2D eigenvalue weighted by molar-refractivity contribution is 5.92. The van der Waals surface area contributed by atoms with Gasteiger partial charge in [0, 0.05) is 41.8 Å². The first-order valence-corrected chi connectivity index (χ1v) is 25.6. The minimum atomic E-state index is -0.269. The molecule has 0 aliphatic carbocycles. The van der Waals surface area contributed by atoms with Gasteiger partial charge in [0.25, 0.3) is 0 Å². The van der Waals surface area contributed by atoms with Crippen molar-refractivity contribution in [2.45, 2.75) is 216 Å².